The molecule has 0 fully saturated rings. The van der Waals surface area contributed by atoms with Gasteiger partial charge in [0.25, 0.3) is 0 Å². The maximum Gasteiger partial charge on any atom is 0.469 e. The van der Waals surface area contributed by atoms with Crippen molar-refractivity contribution in [2.45, 2.75) is 198 Å². The summed E-state index contributed by atoms with van der Waals surface area (Å²) < 4.78 is 15.3. The van der Waals surface area contributed by atoms with E-state index in [0.29, 0.717) is 12.3 Å². The van der Waals surface area contributed by atoms with Crippen LogP contribution in [0.1, 0.15) is 198 Å². The van der Waals surface area contributed by atoms with Crippen LogP contribution < -0.4 is 0 Å². The van der Waals surface area contributed by atoms with Gasteiger partial charge >= 0.3 is 7.82 Å². The molecule has 55 heavy (non-hydrogen) atoms. The molecule has 0 spiro atoms. The van der Waals surface area contributed by atoms with E-state index in [2.05, 4.69) is 135 Å². The van der Waals surface area contributed by atoms with Crippen molar-refractivity contribution in [1.82, 2.24) is 0 Å². The van der Waals surface area contributed by atoms with Crippen molar-refractivity contribution in [2.24, 2.45) is 5.92 Å². The Hall–Kier alpha value is -2.23. The molecule has 0 amide bonds. The van der Waals surface area contributed by atoms with Gasteiger partial charge in [-0.3, -0.25) is 4.52 Å². The van der Waals surface area contributed by atoms with Gasteiger partial charge in [0.05, 0.1) is 6.61 Å². The summed E-state index contributed by atoms with van der Waals surface area (Å²) in [6, 6.07) is 0. The minimum absolute atomic E-state index is 0.108. The van der Waals surface area contributed by atoms with Crippen LogP contribution in [-0.2, 0) is 9.09 Å². The number of hydrogen-bond acceptors (Lipinski definition) is 2. The molecule has 0 aromatic carbocycles. The Morgan fingerprint density at radius 3 is 0.891 bits per heavy atom. The molecule has 0 aromatic heterocycles. The van der Waals surface area contributed by atoms with Gasteiger partial charge in [0.15, 0.2) is 0 Å². The quantitative estimate of drug-likeness (QED) is 0.0543. The molecule has 0 saturated carbocycles. The molecular formula is C50H85O4P. The van der Waals surface area contributed by atoms with E-state index in [0.717, 1.165) is 96.3 Å². The highest BCUT2D eigenvalue weighted by Gasteiger charge is 2.14. The van der Waals surface area contributed by atoms with Gasteiger partial charge in [-0.25, -0.2) is 4.57 Å². The topological polar surface area (TPSA) is 66.8 Å². The summed E-state index contributed by atoms with van der Waals surface area (Å²) in [5, 5.41) is 0. The molecule has 0 heterocycles. The number of allylic oxidation sites excluding steroid dienone is 18. The third-order valence-corrected chi connectivity index (χ3v) is 10.9. The highest BCUT2D eigenvalue weighted by molar-refractivity contribution is 7.46. The van der Waals surface area contributed by atoms with Crippen LogP contribution in [0.3, 0.4) is 0 Å². The fourth-order valence-corrected chi connectivity index (χ4v) is 6.70. The second-order valence-corrected chi connectivity index (χ2v) is 18.0. The van der Waals surface area contributed by atoms with Gasteiger partial charge in [0.2, 0.25) is 0 Å². The maximum atomic E-state index is 10.8. The summed E-state index contributed by atoms with van der Waals surface area (Å²) in [6.45, 7) is 24.7. The molecule has 0 radical (unpaired) electrons. The van der Waals surface area contributed by atoms with Crippen molar-refractivity contribution in [3.05, 3.63) is 105 Å². The molecule has 4 nitrogen and oxygen atoms in total. The zero-order valence-electron chi connectivity index (χ0n) is 37.6. The first-order chi connectivity index (χ1) is 26.0. The van der Waals surface area contributed by atoms with E-state index in [1.807, 2.05) is 0 Å². The molecule has 0 aliphatic heterocycles. The average molecular weight is 781 g/mol. The molecule has 0 aliphatic carbocycles. The standard InChI is InChI=1S/C50H85O4P/c1-41(2)21-12-22-42(3)23-13-24-43(4)25-14-26-44(5)27-15-28-45(6)29-16-30-46(7)31-17-32-47(8)33-18-34-48(9)35-19-36-49(10)37-20-38-50(11)39-40-54-55(51,52)53/h21,23,25,27,29,31,33,35,37,50H,12-20,22,24,26,28,30,32,34,36,38-40H2,1-11H3,(H2,51,52,53)/b42-23+,43-25+,44-27+,45-29+,46-31+,47-33+,48-35+,49-37+. The van der Waals surface area contributed by atoms with Crippen LogP contribution in [0.15, 0.2) is 105 Å². The van der Waals surface area contributed by atoms with Gasteiger partial charge in [0, 0.05) is 0 Å². The van der Waals surface area contributed by atoms with Gasteiger partial charge in [-0.15, -0.1) is 0 Å². The minimum atomic E-state index is -4.35. The van der Waals surface area contributed by atoms with Crippen LogP contribution in [0.4, 0.5) is 0 Å². The smallest absolute Gasteiger partial charge is 0.303 e. The first-order valence-electron chi connectivity index (χ1n) is 21.5. The third kappa shape index (κ3) is 37.1. The van der Waals surface area contributed by atoms with Crippen molar-refractivity contribution in [3.63, 3.8) is 0 Å². The number of phosphoric acid groups is 1. The number of phosphoric ester groups is 1. The molecule has 1 atom stereocenters. The predicted molar refractivity (Wildman–Crippen MR) is 244 cm³/mol. The highest BCUT2D eigenvalue weighted by atomic mass is 31.2. The SMILES string of the molecule is CC(C)=CCC/C(C)=C/CC/C(C)=C/CC/C(C)=C/CC/C(C)=C/CC/C(C)=C/CC/C(C)=C/CC/C(C)=C/CC/C(C)=C/CCC(C)CCOP(=O)(O)O. The normalized spacial score (nSPS) is 15.2. The molecular weight excluding hydrogens is 696 g/mol. The lowest BCUT2D eigenvalue weighted by molar-refractivity contribution is 0.185. The van der Waals surface area contributed by atoms with E-state index in [4.69, 9.17) is 9.79 Å². The summed E-state index contributed by atoms with van der Waals surface area (Å²) >= 11 is 0. The van der Waals surface area contributed by atoms with E-state index >= 15 is 0 Å². The fraction of sp³-hybridized carbons (Fsp3) is 0.640. The van der Waals surface area contributed by atoms with E-state index in [-0.39, 0.29) is 6.61 Å². The van der Waals surface area contributed by atoms with E-state index in [9.17, 15) is 4.57 Å². The summed E-state index contributed by atoms with van der Waals surface area (Å²) in [7, 11) is -4.35. The molecule has 1 unspecified atom stereocenters. The van der Waals surface area contributed by atoms with Crippen molar-refractivity contribution >= 4 is 7.82 Å². The van der Waals surface area contributed by atoms with Crippen LogP contribution in [0.2, 0.25) is 0 Å². The molecule has 2 N–H and O–H groups in total. The van der Waals surface area contributed by atoms with E-state index in [1.54, 1.807) is 0 Å². The lowest BCUT2D eigenvalue weighted by Gasteiger charge is -2.11. The van der Waals surface area contributed by atoms with Gasteiger partial charge in [0.1, 0.15) is 0 Å². The Bertz CT molecular complexity index is 1380. The molecule has 0 bridgehead atoms. The molecule has 314 valence electrons. The molecule has 5 heteroatoms. The Morgan fingerprint density at radius 2 is 0.655 bits per heavy atom. The van der Waals surface area contributed by atoms with Crippen LogP contribution in [-0.4, -0.2) is 16.4 Å². The molecule has 0 rings (SSSR count). The number of rotatable bonds is 31. The van der Waals surface area contributed by atoms with Gasteiger partial charge < -0.3 is 9.79 Å². The van der Waals surface area contributed by atoms with Gasteiger partial charge in [-0.2, -0.15) is 0 Å². The lowest BCUT2D eigenvalue weighted by Crippen LogP contribution is -2.00. The second-order valence-electron chi connectivity index (χ2n) is 16.8. The molecule has 0 aliphatic rings. The van der Waals surface area contributed by atoms with Crippen molar-refractivity contribution in [3.8, 4) is 0 Å². The highest BCUT2D eigenvalue weighted by Crippen LogP contribution is 2.36. The van der Waals surface area contributed by atoms with Gasteiger partial charge in [-0.1, -0.05) is 112 Å². The molecule has 0 saturated heterocycles. The van der Waals surface area contributed by atoms with Crippen LogP contribution in [0.25, 0.3) is 0 Å². The van der Waals surface area contributed by atoms with Crippen molar-refractivity contribution < 1.29 is 18.9 Å². The molecule has 0 aromatic rings. The summed E-state index contributed by atoms with van der Waals surface area (Å²) in [5.41, 5.74) is 13.4. The van der Waals surface area contributed by atoms with Gasteiger partial charge in [-0.05, 0) is 197 Å². The second kappa shape index (κ2) is 32.8. The van der Waals surface area contributed by atoms with E-state index in [1.165, 1.54) is 69.4 Å². The Labute approximate surface area is 341 Å². The Morgan fingerprint density at radius 1 is 0.418 bits per heavy atom. The van der Waals surface area contributed by atoms with Crippen LogP contribution in [0.5, 0.6) is 0 Å². The predicted octanol–water partition coefficient (Wildman–Crippen LogP) is 16.7. The Kier molecular flexibility index (Phi) is 31.5. The average Bonchev–Trinajstić information content (AvgIpc) is 3.07. The van der Waals surface area contributed by atoms with Crippen molar-refractivity contribution in [1.29, 1.82) is 0 Å². The fourth-order valence-electron chi connectivity index (χ4n) is 6.36. The van der Waals surface area contributed by atoms with Crippen molar-refractivity contribution in [2.75, 3.05) is 6.61 Å². The number of hydrogen-bond donors (Lipinski definition) is 2. The lowest BCUT2D eigenvalue weighted by atomic mass is 10.0. The largest absolute Gasteiger partial charge is 0.469 e. The summed E-state index contributed by atoms with van der Waals surface area (Å²) in [6.07, 6.45) is 42.6. The summed E-state index contributed by atoms with van der Waals surface area (Å²) in [5.74, 6) is 0.378. The Balaban J connectivity index is 4.23. The van der Waals surface area contributed by atoms with Crippen LogP contribution >= 0.6 is 7.82 Å². The first-order valence-corrected chi connectivity index (χ1v) is 23.1. The summed E-state index contributed by atoms with van der Waals surface area (Å²) in [4.78, 5) is 17.6. The van der Waals surface area contributed by atoms with Crippen LogP contribution in [0, 0.1) is 5.92 Å². The third-order valence-electron chi connectivity index (χ3n) is 10.3. The minimum Gasteiger partial charge on any atom is -0.303 e. The monoisotopic (exact) mass is 781 g/mol. The van der Waals surface area contributed by atoms with E-state index < -0.39 is 7.82 Å². The zero-order valence-corrected chi connectivity index (χ0v) is 38.5. The maximum absolute atomic E-state index is 10.8. The zero-order chi connectivity index (χ0) is 41.5. The first kappa shape index (κ1) is 52.8.